The molecule has 3 saturated heterocycles. The Balaban J connectivity index is 1.52. The number of nitrogen functional groups attached to an aromatic ring is 1. The molecule has 1 amide bonds. The van der Waals surface area contributed by atoms with E-state index in [0.29, 0.717) is 39.8 Å². The zero-order valence-corrected chi connectivity index (χ0v) is 14.9. The average Bonchev–Trinajstić information content (AvgIpc) is 3.11. The van der Waals surface area contributed by atoms with Gasteiger partial charge in [0.25, 0.3) is 5.91 Å². The topological polar surface area (TPSA) is 71.5 Å². The quantitative estimate of drug-likeness (QED) is 0.824. The highest BCUT2D eigenvalue weighted by Crippen LogP contribution is 2.34. The molecule has 2 aromatic rings. The number of nitrogens with one attached hydrogen (secondary N) is 1. The highest BCUT2D eigenvalue weighted by molar-refractivity contribution is 6.35. The molecule has 0 aliphatic carbocycles. The third-order valence-corrected chi connectivity index (χ3v) is 6.02. The van der Waals surface area contributed by atoms with E-state index in [1.165, 1.54) is 0 Å². The molecule has 6 heteroatoms. The number of halogens is 1. The number of carbonyl (C=O) groups excluding carboxylic acids is 1. The predicted molar refractivity (Wildman–Crippen MR) is 98.6 cm³/mol. The van der Waals surface area contributed by atoms with Crippen LogP contribution in [0.5, 0.6) is 0 Å². The van der Waals surface area contributed by atoms with Gasteiger partial charge in [0.15, 0.2) is 5.76 Å². The Morgan fingerprint density at radius 3 is 2.76 bits per heavy atom. The van der Waals surface area contributed by atoms with Crippen LogP contribution < -0.4 is 11.1 Å². The van der Waals surface area contributed by atoms with Gasteiger partial charge in [-0.3, -0.25) is 9.69 Å². The second-order valence-corrected chi connectivity index (χ2v) is 7.36. The van der Waals surface area contributed by atoms with E-state index in [0.717, 1.165) is 25.9 Å². The van der Waals surface area contributed by atoms with Crippen LogP contribution in [-0.2, 0) is 0 Å². The Morgan fingerprint density at radius 1 is 1.28 bits per heavy atom. The first-order valence-corrected chi connectivity index (χ1v) is 9.11. The molecule has 1 aromatic heterocycles. The van der Waals surface area contributed by atoms with Gasteiger partial charge in [0.1, 0.15) is 5.76 Å². The van der Waals surface area contributed by atoms with Crippen molar-refractivity contribution in [2.24, 2.45) is 5.92 Å². The number of rotatable bonds is 3. The number of anilines is 1. The fraction of sp³-hybridized carbons (Fsp3) is 0.421. The molecule has 0 radical (unpaired) electrons. The maximum absolute atomic E-state index is 12.7. The van der Waals surface area contributed by atoms with E-state index in [-0.39, 0.29) is 11.9 Å². The highest BCUT2D eigenvalue weighted by Gasteiger charge is 2.40. The minimum Gasteiger partial charge on any atom is -0.451 e. The van der Waals surface area contributed by atoms with Gasteiger partial charge in [-0.25, -0.2) is 0 Å². The number of carbonyl (C=O) groups is 1. The van der Waals surface area contributed by atoms with Crippen LogP contribution in [0.25, 0.3) is 11.3 Å². The van der Waals surface area contributed by atoms with E-state index in [1.54, 1.807) is 18.2 Å². The van der Waals surface area contributed by atoms with Gasteiger partial charge in [-0.2, -0.15) is 0 Å². The van der Waals surface area contributed by atoms with E-state index >= 15 is 0 Å². The fourth-order valence-electron chi connectivity index (χ4n) is 4.11. The standard InChI is InChI=1S/C19H22ClN3O2/c1-11-18(12-7-9-23(11)10-8-12)22-19(24)16-6-5-15(25-16)13-3-2-4-14(21)17(13)20/h2-6,11-12,18H,7-10,21H2,1H3,(H,22,24). The van der Waals surface area contributed by atoms with Crippen LogP contribution in [0.2, 0.25) is 5.02 Å². The summed E-state index contributed by atoms with van der Waals surface area (Å²) >= 11 is 6.24. The summed E-state index contributed by atoms with van der Waals surface area (Å²) in [5, 5.41) is 3.61. The summed E-state index contributed by atoms with van der Waals surface area (Å²) in [4.78, 5) is 15.1. The van der Waals surface area contributed by atoms with Crippen LogP contribution >= 0.6 is 11.6 Å². The Bertz CT molecular complexity index is 794. The van der Waals surface area contributed by atoms with Gasteiger partial charge >= 0.3 is 0 Å². The number of nitrogens with two attached hydrogens (primary N) is 1. The molecule has 3 aliphatic rings. The Kier molecular flexibility index (Phi) is 4.21. The largest absolute Gasteiger partial charge is 0.451 e. The van der Waals surface area contributed by atoms with Crippen molar-refractivity contribution in [2.45, 2.75) is 31.8 Å². The molecule has 1 aromatic carbocycles. The zero-order chi connectivity index (χ0) is 17.6. The van der Waals surface area contributed by atoms with Gasteiger partial charge in [-0.15, -0.1) is 0 Å². The monoisotopic (exact) mass is 359 g/mol. The second-order valence-electron chi connectivity index (χ2n) is 6.99. The van der Waals surface area contributed by atoms with Gasteiger partial charge in [0, 0.05) is 17.6 Å². The maximum atomic E-state index is 12.7. The van der Waals surface area contributed by atoms with Crippen molar-refractivity contribution >= 4 is 23.2 Å². The number of hydrogen-bond donors (Lipinski definition) is 2. The molecule has 5 rings (SSSR count). The normalized spacial score (nSPS) is 28.1. The van der Waals surface area contributed by atoms with E-state index in [1.807, 2.05) is 12.1 Å². The molecule has 2 unspecified atom stereocenters. The molecule has 3 aliphatic heterocycles. The van der Waals surface area contributed by atoms with Crippen molar-refractivity contribution in [3.8, 4) is 11.3 Å². The van der Waals surface area contributed by atoms with Gasteiger partial charge in [-0.05, 0) is 63.0 Å². The number of nitrogens with zero attached hydrogens (tertiary/aromatic N) is 1. The second kappa shape index (κ2) is 6.39. The molecule has 0 spiro atoms. The average molecular weight is 360 g/mol. The summed E-state index contributed by atoms with van der Waals surface area (Å²) in [5.41, 5.74) is 7.02. The number of piperidine rings is 3. The summed E-state index contributed by atoms with van der Waals surface area (Å²) in [6.07, 6.45) is 2.30. The Morgan fingerprint density at radius 2 is 2.04 bits per heavy atom. The van der Waals surface area contributed by atoms with Gasteiger partial charge in [0.05, 0.1) is 10.7 Å². The first-order valence-electron chi connectivity index (χ1n) is 8.73. The van der Waals surface area contributed by atoms with Crippen molar-refractivity contribution in [1.82, 2.24) is 10.2 Å². The smallest absolute Gasteiger partial charge is 0.287 e. The minimum absolute atomic E-state index is 0.170. The van der Waals surface area contributed by atoms with E-state index in [4.69, 9.17) is 21.8 Å². The molecular weight excluding hydrogens is 338 g/mol. The van der Waals surface area contributed by atoms with Crippen LogP contribution in [0.1, 0.15) is 30.3 Å². The lowest BCUT2D eigenvalue weighted by molar-refractivity contribution is 0.0211. The van der Waals surface area contributed by atoms with Gasteiger partial charge in [-0.1, -0.05) is 17.7 Å². The lowest BCUT2D eigenvalue weighted by Gasteiger charge is -2.49. The maximum Gasteiger partial charge on any atom is 0.287 e. The van der Waals surface area contributed by atoms with E-state index in [9.17, 15) is 4.79 Å². The van der Waals surface area contributed by atoms with Crippen molar-refractivity contribution in [1.29, 1.82) is 0 Å². The Labute approximate surface area is 152 Å². The lowest BCUT2D eigenvalue weighted by Crippen LogP contribution is -2.62. The Hall–Kier alpha value is -1.98. The molecule has 2 bridgehead atoms. The number of furan rings is 1. The number of fused-ring (bicyclic) bond motifs is 3. The summed E-state index contributed by atoms with van der Waals surface area (Å²) in [6.45, 7) is 4.46. The third-order valence-electron chi connectivity index (χ3n) is 5.60. The van der Waals surface area contributed by atoms with E-state index < -0.39 is 0 Å². The predicted octanol–water partition coefficient (Wildman–Crippen LogP) is 3.39. The summed E-state index contributed by atoms with van der Waals surface area (Å²) in [6, 6.07) is 9.37. The van der Waals surface area contributed by atoms with Crippen molar-refractivity contribution in [2.75, 3.05) is 18.8 Å². The molecule has 5 nitrogen and oxygen atoms in total. The first kappa shape index (κ1) is 16.5. The number of amides is 1. The van der Waals surface area contributed by atoms with E-state index in [2.05, 4.69) is 17.1 Å². The molecule has 2 atom stereocenters. The van der Waals surface area contributed by atoms with Gasteiger partial charge in [0.2, 0.25) is 0 Å². The summed E-state index contributed by atoms with van der Waals surface area (Å²) < 4.78 is 5.76. The molecule has 25 heavy (non-hydrogen) atoms. The van der Waals surface area contributed by atoms with Crippen LogP contribution in [-0.4, -0.2) is 36.0 Å². The van der Waals surface area contributed by atoms with Crippen molar-refractivity contribution in [3.63, 3.8) is 0 Å². The van der Waals surface area contributed by atoms with Crippen LogP contribution in [0, 0.1) is 5.92 Å². The molecule has 3 fully saturated rings. The van der Waals surface area contributed by atoms with Gasteiger partial charge < -0.3 is 15.5 Å². The SMILES string of the molecule is CC1C(NC(=O)c2ccc(-c3cccc(N)c3Cl)o2)C2CCN1CC2. The third kappa shape index (κ3) is 2.92. The number of hydrogen-bond acceptors (Lipinski definition) is 4. The molecule has 0 saturated carbocycles. The van der Waals surface area contributed by atoms with Crippen LogP contribution in [0.15, 0.2) is 34.7 Å². The van der Waals surface area contributed by atoms with Crippen molar-refractivity contribution in [3.05, 3.63) is 41.1 Å². The molecule has 4 heterocycles. The summed E-state index contributed by atoms with van der Waals surface area (Å²) in [5.74, 6) is 1.24. The fourth-order valence-corrected chi connectivity index (χ4v) is 4.33. The zero-order valence-electron chi connectivity index (χ0n) is 14.2. The molecule has 132 valence electrons. The highest BCUT2D eigenvalue weighted by atomic mass is 35.5. The number of benzene rings is 1. The summed E-state index contributed by atoms with van der Waals surface area (Å²) in [7, 11) is 0. The van der Waals surface area contributed by atoms with Crippen LogP contribution in [0.4, 0.5) is 5.69 Å². The first-order chi connectivity index (χ1) is 12.0. The molecule has 3 N–H and O–H groups in total. The van der Waals surface area contributed by atoms with Crippen LogP contribution in [0.3, 0.4) is 0 Å². The molecular formula is C19H22ClN3O2. The van der Waals surface area contributed by atoms with Crippen molar-refractivity contribution < 1.29 is 9.21 Å². The minimum atomic E-state index is -0.170. The lowest BCUT2D eigenvalue weighted by atomic mass is 9.79.